The third-order valence-electron chi connectivity index (χ3n) is 3.66. The van der Waals surface area contributed by atoms with Crippen LogP contribution in [0.15, 0.2) is 77.2 Å². The lowest BCUT2D eigenvalue weighted by Crippen LogP contribution is -2.32. The van der Waals surface area contributed by atoms with Crippen LogP contribution >= 0.6 is 12.2 Å². The number of anilines is 1. The van der Waals surface area contributed by atoms with Gasteiger partial charge in [0.15, 0.2) is 5.11 Å². The highest BCUT2D eigenvalue weighted by molar-refractivity contribution is 7.80. The molecule has 0 spiro atoms. The summed E-state index contributed by atoms with van der Waals surface area (Å²) < 4.78 is 5.68. The molecule has 0 aliphatic carbocycles. The Morgan fingerprint density at radius 2 is 1.75 bits per heavy atom. The van der Waals surface area contributed by atoms with Gasteiger partial charge in [-0.25, -0.2) is 0 Å². The van der Waals surface area contributed by atoms with Gasteiger partial charge in [-0.1, -0.05) is 30.3 Å². The Labute approximate surface area is 165 Å². The van der Waals surface area contributed by atoms with Gasteiger partial charge in [-0.15, -0.1) is 0 Å². The Morgan fingerprint density at radius 3 is 2.43 bits per heavy atom. The lowest BCUT2D eigenvalue weighted by atomic mass is 10.2. The Bertz CT molecular complexity index is 1030. The molecule has 0 bridgehead atoms. The molecule has 1 heterocycles. The predicted octanol–water partition coefficient (Wildman–Crippen LogP) is 4.38. The number of hydrogen-bond donors (Lipinski definition) is 2. The molecule has 2 aromatic carbocycles. The molecule has 0 saturated heterocycles. The number of carbonyl (C=O) groups excluding carboxylic acids is 1. The first-order valence-corrected chi connectivity index (χ1v) is 8.62. The summed E-state index contributed by atoms with van der Waals surface area (Å²) in [7, 11) is 0. The number of nitro benzene ring substituents is 1. The number of amides is 1. The van der Waals surface area contributed by atoms with Crippen LogP contribution in [0.4, 0.5) is 11.4 Å². The van der Waals surface area contributed by atoms with E-state index in [9.17, 15) is 14.9 Å². The van der Waals surface area contributed by atoms with Gasteiger partial charge in [0, 0.05) is 29.5 Å². The number of nitrogens with one attached hydrogen (secondary N) is 2. The number of furan rings is 1. The smallest absolute Gasteiger partial charge is 0.269 e. The van der Waals surface area contributed by atoms with Crippen molar-refractivity contribution in [2.24, 2.45) is 0 Å². The minimum Gasteiger partial charge on any atom is -0.457 e. The molecule has 1 amide bonds. The summed E-state index contributed by atoms with van der Waals surface area (Å²) in [5.41, 5.74) is 1.44. The van der Waals surface area contributed by atoms with Crippen molar-refractivity contribution >= 4 is 40.7 Å². The van der Waals surface area contributed by atoms with Crippen LogP contribution in [-0.2, 0) is 4.79 Å². The van der Waals surface area contributed by atoms with Gasteiger partial charge in [-0.2, -0.15) is 0 Å². The maximum Gasteiger partial charge on any atom is 0.269 e. The summed E-state index contributed by atoms with van der Waals surface area (Å²) in [4.78, 5) is 22.1. The number of benzene rings is 2. The second-order valence-electron chi connectivity index (χ2n) is 5.65. The van der Waals surface area contributed by atoms with E-state index < -0.39 is 10.8 Å². The number of nitro groups is 1. The predicted molar refractivity (Wildman–Crippen MR) is 111 cm³/mol. The quantitative estimate of drug-likeness (QED) is 0.289. The molecule has 140 valence electrons. The van der Waals surface area contributed by atoms with Gasteiger partial charge in [0.25, 0.3) is 5.69 Å². The number of nitrogens with zero attached hydrogens (tertiary/aromatic N) is 1. The van der Waals surface area contributed by atoms with Crippen molar-refractivity contribution in [3.63, 3.8) is 0 Å². The molecule has 7 nitrogen and oxygen atoms in total. The van der Waals surface area contributed by atoms with E-state index in [0.717, 1.165) is 5.56 Å². The van der Waals surface area contributed by atoms with Crippen LogP contribution in [0.1, 0.15) is 5.76 Å². The normalized spacial score (nSPS) is 10.6. The molecule has 0 unspecified atom stereocenters. The Balaban J connectivity index is 1.54. The van der Waals surface area contributed by atoms with Gasteiger partial charge in [0.2, 0.25) is 5.91 Å². The van der Waals surface area contributed by atoms with E-state index in [1.807, 2.05) is 36.4 Å². The first kappa shape index (κ1) is 19.0. The molecule has 0 atom stereocenters. The number of thiocarbonyl (C=S) groups is 1. The average Bonchev–Trinajstić information content (AvgIpc) is 3.16. The Hall–Kier alpha value is -3.78. The summed E-state index contributed by atoms with van der Waals surface area (Å²) in [5, 5.41) is 16.0. The number of non-ortho nitro benzene ring substituents is 1. The topological polar surface area (TPSA) is 97.4 Å². The molecule has 0 saturated carbocycles. The van der Waals surface area contributed by atoms with Gasteiger partial charge in [0.05, 0.1) is 4.92 Å². The van der Waals surface area contributed by atoms with E-state index in [1.54, 1.807) is 6.07 Å². The molecule has 0 aliphatic heterocycles. The second-order valence-corrected chi connectivity index (χ2v) is 6.06. The fraction of sp³-hybridized carbons (Fsp3) is 0. The molecule has 0 aliphatic rings. The van der Waals surface area contributed by atoms with Gasteiger partial charge < -0.3 is 9.73 Å². The van der Waals surface area contributed by atoms with Gasteiger partial charge in [-0.3, -0.25) is 20.2 Å². The van der Waals surface area contributed by atoms with Crippen molar-refractivity contribution in [2.75, 3.05) is 5.32 Å². The SMILES string of the molecule is O=C(/C=C/c1ccc(-c2ccccc2)o1)NC(=S)Nc1ccc([N+](=O)[O-])cc1. The fourth-order valence-electron chi connectivity index (χ4n) is 2.34. The highest BCUT2D eigenvalue weighted by atomic mass is 32.1. The number of rotatable bonds is 5. The van der Waals surface area contributed by atoms with Crippen molar-refractivity contribution in [1.29, 1.82) is 0 Å². The fourth-order valence-corrected chi connectivity index (χ4v) is 2.56. The maximum atomic E-state index is 12.0. The van der Waals surface area contributed by atoms with E-state index in [0.29, 0.717) is 17.2 Å². The summed E-state index contributed by atoms with van der Waals surface area (Å²) in [6, 6.07) is 18.9. The zero-order valence-electron chi connectivity index (χ0n) is 14.5. The molecular weight excluding hydrogens is 378 g/mol. The van der Waals surface area contributed by atoms with Crippen LogP contribution in [0.5, 0.6) is 0 Å². The lowest BCUT2D eigenvalue weighted by molar-refractivity contribution is -0.384. The van der Waals surface area contributed by atoms with E-state index in [-0.39, 0.29) is 10.8 Å². The Morgan fingerprint density at radius 1 is 1.04 bits per heavy atom. The summed E-state index contributed by atoms with van der Waals surface area (Å²) in [6.07, 6.45) is 2.84. The molecule has 3 rings (SSSR count). The van der Waals surface area contributed by atoms with Crippen LogP contribution in [0.25, 0.3) is 17.4 Å². The average molecular weight is 393 g/mol. The molecule has 8 heteroatoms. The molecule has 1 aromatic heterocycles. The van der Waals surface area contributed by atoms with Crippen LogP contribution in [-0.4, -0.2) is 15.9 Å². The second kappa shape index (κ2) is 8.74. The summed E-state index contributed by atoms with van der Waals surface area (Å²) in [6.45, 7) is 0. The highest BCUT2D eigenvalue weighted by Crippen LogP contribution is 2.22. The zero-order valence-corrected chi connectivity index (χ0v) is 15.3. The minimum absolute atomic E-state index is 0.0308. The molecular formula is C20H15N3O4S. The van der Waals surface area contributed by atoms with Crippen molar-refractivity contribution in [3.8, 4) is 11.3 Å². The molecule has 0 fully saturated rings. The third-order valence-corrected chi connectivity index (χ3v) is 3.86. The van der Waals surface area contributed by atoms with Crippen molar-refractivity contribution in [3.05, 3.63) is 88.7 Å². The minimum atomic E-state index is -0.494. The van der Waals surface area contributed by atoms with E-state index in [1.165, 1.54) is 36.4 Å². The standard InChI is InChI=1S/C20H15N3O4S/c24-19(22-20(28)21-15-6-8-16(9-7-15)23(25)26)13-11-17-10-12-18(27-17)14-4-2-1-3-5-14/h1-13H,(H2,21,22,24,28)/b13-11+. The zero-order chi connectivity index (χ0) is 19.9. The largest absolute Gasteiger partial charge is 0.457 e. The van der Waals surface area contributed by atoms with Crippen LogP contribution in [0.2, 0.25) is 0 Å². The number of carbonyl (C=O) groups is 1. The summed E-state index contributed by atoms with van der Waals surface area (Å²) in [5.74, 6) is 0.802. The molecule has 2 N–H and O–H groups in total. The van der Waals surface area contributed by atoms with Gasteiger partial charge in [-0.05, 0) is 42.6 Å². The Kier molecular flexibility index (Phi) is 5.93. The van der Waals surface area contributed by atoms with Crippen molar-refractivity contribution < 1.29 is 14.1 Å². The monoisotopic (exact) mass is 393 g/mol. The van der Waals surface area contributed by atoms with E-state index >= 15 is 0 Å². The number of hydrogen-bond acceptors (Lipinski definition) is 5. The van der Waals surface area contributed by atoms with Crippen LogP contribution < -0.4 is 10.6 Å². The van der Waals surface area contributed by atoms with Crippen LogP contribution in [0.3, 0.4) is 0 Å². The first-order valence-electron chi connectivity index (χ1n) is 8.21. The first-order chi connectivity index (χ1) is 13.5. The van der Waals surface area contributed by atoms with Gasteiger partial charge >= 0.3 is 0 Å². The van der Waals surface area contributed by atoms with E-state index in [2.05, 4.69) is 10.6 Å². The highest BCUT2D eigenvalue weighted by Gasteiger charge is 2.06. The lowest BCUT2D eigenvalue weighted by Gasteiger charge is -2.07. The van der Waals surface area contributed by atoms with Crippen molar-refractivity contribution in [1.82, 2.24) is 5.32 Å². The summed E-state index contributed by atoms with van der Waals surface area (Å²) >= 11 is 5.06. The van der Waals surface area contributed by atoms with Crippen LogP contribution in [0, 0.1) is 10.1 Å². The molecule has 28 heavy (non-hydrogen) atoms. The maximum absolute atomic E-state index is 12.0. The molecule has 0 radical (unpaired) electrons. The third kappa shape index (κ3) is 5.12. The van der Waals surface area contributed by atoms with Gasteiger partial charge in [0.1, 0.15) is 11.5 Å². The molecule has 3 aromatic rings. The van der Waals surface area contributed by atoms with E-state index in [4.69, 9.17) is 16.6 Å². The van der Waals surface area contributed by atoms with Crippen molar-refractivity contribution in [2.45, 2.75) is 0 Å².